The molecule has 0 fully saturated rings. The summed E-state index contributed by atoms with van der Waals surface area (Å²) in [6.45, 7) is 0. The number of rotatable bonds is 3. The Morgan fingerprint density at radius 3 is 2.45 bits per heavy atom. The summed E-state index contributed by atoms with van der Waals surface area (Å²) in [4.78, 5) is 25.7. The molecule has 2 aromatic rings. The van der Waals surface area contributed by atoms with Crippen molar-refractivity contribution < 1.29 is 9.59 Å². The Bertz CT molecular complexity index is 738. The summed E-state index contributed by atoms with van der Waals surface area (Å²) in [5.74, 6) is -0.727. The van der Waals surface area contributed by atoms with Gasteiger partial charge in [-0.15, -0.1) is 0 Å². The first kappa shape index (κ1) is 14.1. The smallest absolute Gasteiger partial charge is 0.251 e. The van der Waals surface area contributed by atoms with E-state index in [4.69, 9.17) is 5.73 Å². The molecule has 0 aliphatic carbocycles. The number of nitrogens with two attached hydrogens (primary N) is 1. The monoisotopic (exact) mass is 292 g/mol. The third-order valence-corrected chi connectivity index (χ3v) is 3.76. The number of para-hydroxylation sites is 1. The normalized spacial score (nSPS) is 16.7. The van der Waals surface area contributed by atoms with Gasteiger partial charge in [-0.3, -0.25) is 14.5 Å². The Balaban J connectivity index is 1.89. The number of benzene rings is 2. The molecule has 0 spiro atoms. The van der Waals surface area contributed by atoms with Crippen molar-refractivity contribution in [2.75, 3.05) is 4.90 Å². The van der Waals surface area contributed by atoms with Crippen molar-refractivity contribution in [1.82, 2.24) is 0 Å². The molecule has 0 aromatic heterocycles. The summed E-state index contributed by atoms with van der Waals surface area (Å²) >= 11 is 0. The first-order valence-corrected chi connectivity index (χ1v) is 7.10. The Labute approximate surface area is 128 Å². The van der Waals surface area contributed by atoms with E-state index in [2.05, 4.69) is 0 Å². The lowest BCUT2D eigenvalue weighted by Crippen LogP contribution is -2.45. The Morgan fingerprint density at radius 1 is 1.05 bits per heavy atom. The summed E-state index contributed by atoms with van der Waals surface area (Å²) < 4.78 is 0. The molecule has 2 aromatic carbocycles. The number of fused-ring (bicyclic) bond motifs is 1. The van der Waals surface area contributed by atoms with Gasteiger partial charge in [0.05, 0.1) is 0 Å². The van der Waals surface area contributed by atoms with E-state index in [1.807, 2.05) is 54.6 Å². The van der Waals surface area contributed by atoms with Crippen molar-refractivity contribution in [3.05, 3.63) is 71.8 Å². The molecule has 3 rings (SSSR count). The molecular formula is C18H16N2O2. The van der Waals surface area contributed by atoms with Gasteiger partial charge in [0.2, 0.25) is 5.91 Å². The summed E-state index contributed by atoms with van der Waals surface area (Å²) in [5, 5.41) is 0. The van der Waals surface area contributed by atoms with Crippen LogP contribution in [0.1, 0.15) is 11.1 Å². The first-order chi connectivity index (χ1) is 10.7. The predicted octanol–water partition coefficient (Wildman–Crippen LogP) is 2.14. The van der Waals surface area contributed by atoms with Gasteiger partial charge in [-0.25, -0.2) is 0 Å². The lowest BCUT2D eigenvalue weighted by Gasteiger charge is -2.21. The van der Waals surface area contributed by atoms with Crippen LogP contribution in [0.25, 0.3) is 6.08 Å². The molecule has 1 aliphatic rings. The number of carbonyl (C=O) groups is 2. The van der Waals surface area contributed by atoms with Crippen LogP contribution < -0.4 is 10.6 Å². The van der Waals surface area contributed by atoms with Crippen LogP contribution in [0.5, 0.6) is 0 Å². The minimum Gasteiger partial charge on any atom is -0.368 e. The molecule has 0 saturated heterocycles. The molecule has 0 saturated carbocycles. The third kappa shape index (κ3) is 2.63. The molecule has 1 aliphatic heterocycles. The fourth-order valence-electron chi connectivity index (χ4n) is 2.70. The number of carbonyl (C=O) groups excluding carboxylic acids is 2. The standard InChI is InChI=1S/C18H16N2O2/c19-18(22)16-12-14-8-4-5-9-15(14)20(16)17(21)11-10-13-6-2-1-3-7-13/h1-11,16H,12H2,(H2,19,22)/b11-10-/t16-/m0/s1. The second kappa shape index (κ2) is 5.85. The second-order valence-electron chi connectivity index (χ2n) is 5.20. The van der Waals surface area contributed by atoms with Gasteiger partial charge in [0, 0.05) is 18.2 Å². The van der Waals surface area contributed by atoms with Gasteiger partial charge in [-0.05, 0) is 23.3 Å². The van der Waals surface area contributed by atoms with Gasteiger partial charge in [-0.1, -0.05) is 48.5 Å². The Morgan fingerprint density at radius 2 is 1.73 bits per heavy atom. The van der Waals surface area contributed by atoms with Crippen LogP contribution in [0.15, 0.2) is 60.7 Å². The maximum Gasteiger partial charge on any atom is 0.251 e. The first-order valence-electron chi connectivity index (χ1n) is 7.10. The third-order valence-electron chi connectivity index (χ3n) is 3.76. The molecule has 1 heterocycles. The maximum atomic E-state index is 12.5. The van der Waals surface area contributed by atoms with Crippen LogP contribution in [-0.4, -0.2) is 17.9 Å². The number of primary amides is 1. The van der Waals surface area contributed by atoms with Gasteiger partial charge in [0.25, 0.3) is 5.91 Å². The van der Waals surface area contributed by atoms with Crippen LogP contribution >= 0.6 is 0 Å². The van der Waals surface area contributed by atoms with Crippen molar-refractivity contribution in [2.45, 2.75) is 12.5 Å². The van der Waals surface area contributed by atoms with Crippen LogP contribution in [0, 0.1) is 0 Å². The number of hydrogen-bond acceptors (Lipinski definition) is 2. The van der Waals surface area contributed by atoms with Crippen LogP contribution in [-0.2, 0) is 16.0 Å². The van der Waals surface area contributed by atoms with Gasteiger partial charge >= 0.3 is 0 Å². The van der Waals surface area contributed by atoms with Crippen molar-refractivity contribution in [3.63, 3.8) is 0 Å². The van der Waals surface area contributed by atoms with Crippen LogP contribution in [0.2, 0.25) is 0 Å². The van der Waals surface area contributed by atoms with E-state index < -0.39 is 11.9 Å². The predicted molar refractivity (Wildman–Crippen MR) is 86.1 cm³/mol. The molecule has 110 valence electrons. The summed E-state index contributed by atoms with van der Waals surface area (Å²) in [5.41, 5.74) is 8.11. The molecule has 0 radical (unpaired) electrons. The van der Waals surface area contributed by atoms with Gasteiger partial charge in [-0.2, -0.15) is 0 Å². The van der Waals surface area contributed by atoms with Gasteiger partial charge < -0.3 is 5.73 Å². The van der Waals surface area contributed by atoms with E-state index in [0.29, 0.717) is 6.42 Å². The van der Waals surface area contributed by atoms with E-state index in [1.165, 1.54) is 11.0 Å². The van der Waals surface area contributed by atoms with E-state index in [0.717, 1.165) is 16.8 Å². The number of nitrogens with zero attached hydrogens (tertiary/aromatic N) is 1. The van der Waals surface area contributed by atoms with E-state index in [9.17, 15) is 9.59 Å². The molecule has 1 atom stereocenters. The SMILES string of the molecule is NC(=O)[C@@H]1Cc2ccccc2N1C(=O)/C=C\c1ccccc1. The summed E-state index contributed by atoms with van der Waals surface area (Å²) in [6, 6.07) is 16.4. The fourth-order valence-corrected chi connectivity index (χ4v) is 2.70. The minimum atomic E-state index is -0.620. The maximum absolute atomic E-state index is 12.5. The lowest BCUT2D eigenvalue weighted by molar-refractivity contribution is -0.122. The van der Waals surface area contributed by atoms with Crippen molar-refractivity contribution in [1.29, 1.82) is 0 Å². The van der Waals surface area contributed by atoms with Crippen molar-refractivity contribution >= 4 is 23.6 Å². The van der Waals surface area contributed by atoms with Gasteiger partial charge in [0.1, 0.15) is 6.04 Å². The van der Waals surface area contributed by atoms with E-state index in [-0.39, 0.29) is 5.91 Å². The van der Waals surface area contributed by atoms with E-state index in [1.54, 1.807) is 6.08 Å². The van der Waals surface area contributed by atoms with E-state index >= 15 is 0 Å². The summed E-state index contributed by atoms with van der Waals surface area (Å²) in [7, 11) is 0. The lowest BCUT2D eigenvalue weighted by atomic mass is 10.1. The quantitative estimate of drug-likeness (QED) is 0.881. The molecule has 2 amide bonds. The van der Waals surface area contributed by atoms with Crippen LogP contribution in [0.4, 0.5) is 5.69 Å². The van der Waals surface area contributed by atoms with Crippen LogP contribution in [0.3, 0.4) is 0 Å². The largest absolute Gasteiger partial charge is 0.368 e. The second-order valence-corrected chi connectivity index (χ2v) is 5.20. The minimum absolute atomic E-state index is 0.238. The number of anilines is 1. The Hall–Kier alpha value is -2.88. The molecular weight excluding hydrogens is 276 g/mol. The average molecular weight is 292 g/mol. The molecule has 4 heteroatoms. The molecule has 0 unspecified atom stereocenters. The summed E-state index contributed by atoms with van der Waals surface area (Å²) in [6.07, 6.45) is 3.69. The molecule has 4 nitrogen and oxygen atoms in total. The molecule has 0 bridgehead atoms. The topological polar surface area (TPSA) is 63.4 Å². The number of amides is 2. The average Bonchev–Trinajstić information content (AvgIpc) is 2.93. The van der Waals surface area contributed by atoms with Crippen molar-refractivity contribution in [2.24, 2.45) is 5.73 Å². The zero-order valence-corrected chi connectivity index (χ0v) is 12.0. The highest BCUT2D eigenvalue weighted by Crippen LogP contribution is 2.32. The molecule has 2 N–H and O–H groups in total. The van der Waals surface area contributed by atoms with Crippen molar-refractivity contribution in [3.8, 4) is 0 Å². The Kier molecular flexibility index (Phi) is 3.74. The molecule has 22 heavy (non-hydrogen) atoms. The van der Waals surface area contributed by atoms with Gasteiger partial charge in [0.15, 0.2) is 0 Å². The highest BCUT2D eigenvalue weighted by Gasteiger charge is 2.35. The zero-order valence-electron chi connectivity index (χ0n) is 12.0. The number of hydrogen-bond donors (Lipinski definition) is 1. The zero-order chi connectivity index (χ0) is 15.5. The fraction of sp³-hybridized carbons (Fsp3) is 0.111. The highest BCUT2D eigenvalue weighted by molar-refractivity contribution is 6.09. The highest BCUT2D eigenvalue weighted by atomic mass is 16.2.